The molecule has 98 heavy (non-hydrogen) atoms. The monoisotopic (exact) mass is 1370 g/mol. The molecule has 0 spiro atoms. The first kappa shape index (κ1) is 68.6. The molecule has 18 rings (SSSR count). The van der Waals surface area contributed by atoms with Gasteiger partial charge in [0.1, 0.15) is 0 Å². The van der Waals surface area contributed by atoms with Crippen molar-refractivity contribution in [3.8, 4) is 0 Å². The van der Waals surface area contributed by atoms with Crippen molar-refractivity contribution >= 4 is 30.0 Å². The van der Waals surface area contributed by atoms with E-state index in [1.807, 2.05) is 0 Å². The lowest BCUT2D eigenvalue weighted by molar-refractivity contribution is 0.328. The van der Waals surface area contributed by atoms with E-state index in [2.05, 4.69) is 278 Å². The minimum absolute atomic E-state index is 0.0437. The Kier molecular flexibility index (Phi) is 13.8. The molecule has 12 aliphatic rings. The van der Waals surface area contributed by atoms with Crippen molar-refractivity contribution in [2.24, 2.45) is 0 Å². The molecule has 0 unspecified atom stereocenters. The molecule has 0 atom stereocenters. The Labute approximate surface area is 601 Å². The maximum Gasteiger partial charge on any atom is 0.0520 e. The average molecular weight is 1370 g/mol. The van der Waals surface area contributed by atoms with Crippen LogP contribution in [0.1, 0.15) is 389 Å². The molecule has 6 aromatic rings. The van der Waals surface area contributed by atoms with Gasteiger partial charge >= 0.3 is 0 Å². The van der Waals surface area contributed by atoms with Gasteiger partial charge in [-0.2, -0.15) is 0 Å². The fourth-order valence-corrected chi connectivity index (χ4v) is 87.0. The Morgan fingerprint density at radius 1 is 0.194 bits per heavy atom. The topological polar surface area (TPSA) is 0 Å². The SMILES string of the molecule is CC1(C)CCC(C)(C)c2cc3c(cc21)C1c2cc4c(cc2C3(/[Si](=[Si](/C23c5cc6c(cc5C(c5cc7c(cc52)C(C)(C)CCC7(C)C)c2cc5c(cc23)C(C)(C)CCC5(C)C)C(C)(C)CCC6(C)C)[Si](C)(C)C)[Si](C)(C)C)c2cc3c(cc21)C(C)(C)CCC3(C)C)C(C)(C)CCC4(C)C. The van der Waals surface area contributed by atoms with Gasteiger partial charge in [-0.15, -0.1) is 0 Å². The molecule has 12 aliphatic carbocycles. The van der Waals surface area contributed by atoms with Crippen molar-refractivity contribution in [2.75, 3.05) is 0 Å². The lowest BCUT2D eigenvalue weighted by Crippen LogP contribution is -2.70. The predicted octanol–water partition coefficient (Wildman–Crippen LogP) is 24.7. The lowest BCUT2D eigenvalue weighted by atomic mass is 9.53. The molecule has 0 nitrogen and oxygen atoms in total. The van der Waals surface area contributed by atoms with Crippen LogP contribution in [0.25, 0.3) is 0 Å². The zero-order chi connectivity index (χ0) is 71.1. The third kappa shape index (κ3) is 8.86. The first-order valence-corrected chi connectivity index (χ1v) is 52.7. The van der Waals surface area contributed by atoms with Gasteiger partial charge in [-0.3, -0.25) is 0 Å². The maximum atomic E-state index is 3.08. The van der Waals surface area contributed by atoms with Crippen molar-refractivity contribution in [1.29, 1.82) is 0 Å². The van der Waals surface area contributed by atoms with Crippen LogP contribution >= 0.6 is 0 Å². The lowest BCUT2D eigenvalue weighted by Gasteiger charge is -2.61. The summed E-state index contributed by atoms with van der Waals surface area (Å²) in [6.07, 6.45) is 14.7. The molecular formula is C94H128Si4. The first-order valence-electron chi connectivity index (χ1n) is 39.7. The summed E-state index contributed by atoms with van der Waals surface area (Å²) in [5.41, 5.74) is 41.5. The third-order valence-electron chi connectivity index (χ3n) is 30.9. The zero-order valence-corrected chi connectivity index (χ0v) is 71.6. The molecule has 0 amide bonds. The van der Waals surface area contributed by atoms with Gasteiger partial charge in [-0.1, -0.05) is 278 Å². The molecule has 0 aromatic heterocycles. The minimum Gasteiger partial charge on any atom is -0.0693 e. The van der Waals surface area contributed by atoms with E-state index in [4.69, 9.17) is 0 Å². The Balaban J connectivity index is 1.23. The normalized spacial score (nSPS) is 28.8. The quantitative estimate of drug-likeness (QED) is 0.154. The fourth-order valence-electron chi connectivity index (χ4n) is 24.1. The summed E-state index contributed by atoms with van der Waals surface area (Å²) in [6, 6.07) is 36.4. The third-order valence-corrected chi connectivity index (χ3v) is 72.8. The molecule has 0 N–H and O–H groups in total. The molecule has 0 fully saturated rings. The van der Waals surface area contributed by atoms with Gasteiger partial charge in [0.15, 0.2) is 0 Å². The van der Waals surface area contributed by atoms with Crippen molar-refractivity contribution in [2.45, 2.75) is 369 Å². The highest BCUT2D eigenvalue weighted by molar-refractivity contribution is 7.56. The van der Waals surface area contributed by atoms with Crippen molar-refractivity contribution in [3.63, 3.8) is 0 Å². The zero-order valence-electron chi connectivity index (χ0n) is 67.6. The Morgan fingerprint density at radius 3 is 0.418 bits per heavy atom. The molecule has 520 valence electrons. The Morgan fingerprint density at radius 2 is 0.306 bits per heavy atom. The van der Waals surface area contributed by atoms with Crippen molar-refractivity contribution in [1.82, 2.24) is 0 Å². The number of hydrogen-bond donors (Lipinski definition) is 0. The highest BCUT2D eigenvalue weighted by Gasteiger charge is 2.66. The largest absolute Gasteiger partial charge is 0.0693 e. The molecular weight excluding hydrogens is 1240 g/mol. The molecule has 0 saturated heterocycles. The standard InChI is InChI=1S/C94H128Si4/c1-81(2)31-37-87(13,14)73-49-61-55(43-67(73)81)79-56-44-68-74(88(15,16)38-32-82(68,3)4)50-62(56)93(61,63-51-75-69(45-57(63)79)83(5,6)33-39-89(75,17)18)95(97(25,26)27)96(98(28,29)30)94-64-52-76-70(84(7,8)34-40-90(76,19)20)46-58(64)80(59-47-71-77(53-65(59)94)91(21,22)41-35-85(71,9)10)60-48-72-78(54-66(60)94)92(23,24)42-36-86(72,11)12/h43-54,79-80H,31-42H2,1-30H3/b96-95+. The Bertz CT molecular complexity index is 3890. The summed E-state index contributed by atoms with van der Waals surface area (Å²) in [5, 5.41) is -0.705. The van der Waals surface area contributed by atoms with Gasteiger partial charge < -0.3 is 0 Å². The summed E-state index contributed by atoms with van der Waals surface area (Å²) in [4.78, 5) is 0. The predicted molar refractivity (Wildman–Crippen MR) is 430 cm³/mol. The average Bonchev–Trinajstić information content (AvgIpc) is 0.642. The highest BCUT2D eigenvalue weighted by Crippen LogP contribution is 2.70. The van der Waals surface area contributed by atoms with Crippen LogP contribution < -0.4 is 0 Å². The maximum absolute atomic E-state index is 3.08. The van der Waals surface area contributed by atoms with Gasteiger partial charge in [-0.25, -0.2) is 0 Å². The Hall–Kier alpha value is -3.81. The van der Waals surface area contributed by atoms with Crippen LogP contribution in [0.15, 0.2) is 72.8 Å². The van der Waals surface area contributed by atoms with E-state index in [0.29, 0.717) is 0 Å². The molecule has 4 heteroatoms. The van der Waals surface area contributed by atoms with Gasteiger partial charge in [0, 0.05) is 36.7 Å². The fraction of sp³-hybridized carbons (Fsp3) is 0.617. The molecule has 0 aliphatic heterocycles. The van der Waals surface area contributed by atoms with Gasteiger partial charge in [0.2, 0.25) is 0 Å². The van der Waals surface area contributed by atoms with Crippen molar-refractivity contribution in [3.05, 3.63) is 206 Å². The van der Waals surface area contributed by atoms with Crippen LogP contribution in [0.4, 0.5) is 0 Å². The van der Waals surface area contributed by atoms with Crippen LogP contribution in [0.3, 0.4) is 0 Å². The van der Waals surface area contributed by atoms with E-state index >= 15 is 0 Å². The summed E-state index contributed by atoms with van der Waals surface area (Å²) < 4.78 is 0. The van der Waals surface area contributed by atoms with E-state index in [9.17, 15) is 0 Å². The van der Waals surface area contributed by atoms with Crippen LogP contribution in [0.5, 0.6) is 0 Å². The molecule has 0 radical (unpaired) electrons. The first-order chi connectivity index (χ1) is 44.7. The smallest absolute Gasteiger partial charge is 0.0520 e. The van der Waals surface area contributed by atoms with Gasteiger partial charge in [0.25, 0.3) is 0 Å². The minimum atomic E-state index is -2.47. The number of rotatable bonds is 4. The van der Waals surface area contributed by atoms with Crippen LogP contribution in [0, 0.1) is 0 Å². The second-order valence-electron chi connectivity index (χ2n) is 45.1. The van der Waals surface area contributed by atoms with Crippen LogP contribution in [0.2, 0.25) is 39.3 Å². The summed E-state index contributed by atoms with van der Waals surface area (Å²) in [6.45, 7) is 81.6. The van der Waals surface area contributed by atoms with Crippen LogP contribution in [-0.2, 0) is 75.1 Å². The van der Waals surface area contributed by atoms with E-state index in [0.717, 1.165) is 0 Å². The number of fused-ring (bicyclic) bond motifs is 6. The van der Waals surface area contributed by atoms with Gasteiger partial charge in [-0.05, 0) is 276 Å². The van der Waals surface area contributed by atoms with E-state index in [1.165, 1.54) is 77.0 Å². The number of benzene rings is 6. The van der Waals surface area contributed by atoms with Crippen molar-refractivity contribution < 1.29 is 0 Å². The van der Waals surface area contributed by atoms with Gasteiger partial charge in [0.05, 0.1) is 15.2 Å². The second-order valence-corrected chi connectivity index (χ2v) is 75.1. The highest BCUT2D eigenvalue weighted by atomic mass is 29.6. The molecule has 6 aromatic carbocycles. The summed E-state index contributed by atoms with van der Waals surface area (Å²) in [7, 11) is -8.38. The second kappa shape index (κ2) is 19.8. The molecule has 0 saturated carbocycles. The summed E-state index contributed by atoms with van der Waals surface area (Å²) in [5.74, 6) is 0.342. The number of hydrogen-bond acceptors (Lipinski definition) is 0. The van der Waals surface area contributed by atoms with E-state index < -0.39 is 30.0 Å². The van der Waals surface area contributed by atoms with E-state index in [-0.39, 0.29) is 86.9 Å². The molecule has 4 bridgehead atoms. The van der Waals surface area contributed by atoms with Crippen LogP contribution in [-0.4, -0.2) is 30.0 Å². The molecule has 0 heterocycles. The van der Waals surface area contributed by atoms with E-state index in [1.54, 1.807) is 134 Å². The summed E-state index contributed by atoms with van der Waals surface area (Å²) >= 11 is 0.